The second-order valence-corrected chi connectivity index (χ2v) is 7.62. The number of hydrogen-bond acceptors (Lipinski definition) is 4. The zero-order valence-corrected chi connectivity index (χ0v) is 17.9. The van der Waals surface area contributed by atoms with Crippen LogP contribution in [0.2, 0.25) is 0 Å². The van der Waals surface area contributed by atoms with Gasteiger partial charge in [0.05, 0.1) is 0 Å². The molecule has 0 radical (unpaired) electrons. The number of nitrogens with one attached hydrogen (secondary N) is 2. The third-order valence-electron chi connectivity index (χ3n) is 5.14. The molecule has 164 valence electrons. The lowest BCUT2D eigenvalue weighted by Gasteiger charge is -2.14. The normalized spacial score (nSPS) is 11.5. The smallest absolute Gasteiger partial charge is 0.320 e. The number of imide groups is 1. The van der Waals surface area contributed by atoms with Gasteiger partial charge in [0.2, 0.25) is 5.91 Å². The lowest BCUT2D eigenvalue weighted by atomic mass is 10.0. The summed E-state index contributed by atoms with van der Waals surface area (Å²) in [6.07, 6.45) is -0.00104. The molecule has 3 aromatic rings. The molecule has 0 heterocycles. The Bertz CT molecular complexity index is 1060. The number of carbonyl (C=O) groups is 3. The molecule has 0 saturated heterocycles. The van der Waals surface area contributed by atoms with E-state index >= 15 is 0 Å². The van der Waals surface area contributed by atoms with Crippen molar-refractivity contribution >= 4 is 17.8 Å². The van der Waals surface area contributed by atoms with E-state index in [1.807, 2.05) is 73.7 Å². The van der Waals surface area contributed by atoms with Crippen molar-refractivity contribution in [2.24, 2.45) is 0 Å². The first-order valence-electron chi connectivity index (χ1n) is 10.4. The maximum Gasteiger partial charge on any atom is 0.320 e. The first-order chi connectivity index (χ1) is 15.4. The summed E-state index contributed by atoms with van der Waals surface area (Å²) >= 11 is 0. The van der Waals surface area contributed by atoms with E-state index in [9.17, 15) is 19.5 Å². The van der Waals surface area contributed by atoms with Crippen LogP contribution in [-0.2, 0) is 16.1 Å². The molecule has 1 atom stereocenters. The van der Waals surface area contributed by atoms with Crippen molar-refractivity contribution in [3.63, 3.8) is 0 Å². The SMILES string of the molecule is Cc1ccc(CN[C@@H](CCC(=O)NC(=O)c2ccc(-c3ccccc3)cc2)C(=O)O)cc1. The molecular formula is C26H26N2O4. The number of carbonyl (C=O) groups excluding carboxylic acids is 2. The van der Waals surface area contributed by atoms with E-state index in [4.69, 9.17) is 0 Å². The fourth-order valence-corrected chi connectivity index (χ4v) is 3.24. The van der Waals surface area contributed by atoms with Crippen LogP contribution < -0.4 is 10.6 Å². The molecule has 32 heavy (non-hydrogen) atoms. The van der Waals surface area contributed by atoms with Gasteiger partial charge in [0.1, 0.15) is 6.04 Å². The summed E-state index contributed by atoms with van der Waals surface area (Å²) < 4.78 is 0. The van der Waals surface area contributed by atoms with E-state index < -0.39 is 23.8 Å². The standard InChI is InChI=1S/C26H26N2O4/c1-18-7-9-19(10-8-18)17-27-23(26(31)32)15-16-24(29)28-25(30)22-13-11-21(12-14-22)20-5-3-2-4-6-20/h2-14,23,27H,15-17H2,1H3,(H,31,32)(H,28,29,30)/t23-/m0/s1. The maximum absolute atomic E-state index is 12.4. The van der Waals surface area contributed by atoms with Gasteiger partial charge >= 0.3 is 5.97 Å². The van der Waals surface area contributed by atoms with Crippen LogP contribution in [0.15, 0.2) is 78.9 Å². The predicted octanol–water partition coefficient (Wildman–Crippen LogP) is 3.94. The highest BCUT2D eigenvalue weighted by molar-refractivity contribution is 6.04. The summed E-state index contributed by atoms with van der Waals surface area (Å²) in [5, 5.41) is 14.7. The van der Waals surface area contributed by atoms with Crippen LogP contribution in [0.3, 0.4) is 0 Å². The summed E-state index contributed by atoms with van der Waals surface area (Å²) in [4.78, 5) is 36.1. The summed E-state index contributed by atoms with van der Waals surface area (Å²) in [6.45, 7) is 2.36. The largest absolute Gasteiger partial charge is 0.480 e. The Morgan fingerprint density at radius 2 is 1.47 bits per heavy atom. The highest BCUT2D eigenvalue weighted by Gasteiger charge is 2.19. The number of rotatable bonds is 9. The molecule has 6 heteroatoms. The van der Waals surface area contributed by atoms with Crippen molar-refractivity contribution in [1.29, 1.82) is 0 Å². The second-order valence-electron chi connectivity index (χ2n) is 7.62. The van der Waals surface area contributed by atoms with E-state index in [1.165, 1.54) is 0 Å². The molecule has 6 nitrogen and oxygen atoms in total. The van der Waals surface area contributed by atoms with Crippen molar-refractivity contribution in [2.75, 3.05) is 0 Å². The minimum atomic E-state index is -1.03. The molecule has 0 aliphatic heterocycles. The number of aryl methyl sites for hydroxylation is 1. The van der Waals surface area contributed by atoms with Crippen LogP contribution in [0.25, 0.3) is 11.1 Å². The average Bonchev–Trinajstić information content (AvgIpc) is 2.80. The zero-order chi connectivity index (χ0) is 22.9. The molecule has 0 unspecified atom stereocenters. The van der Waals surface area contributed by atoms with E-state index in [1.54, 1.807) is 12.1 Å². The van der Waals surface area contributed by atoms with Gasteiger partial charge in [-0.2, -0.15) is 0 Å². The van der Waals surface area contributed by atoms with Crippen molar-refractivity contribution in [2.45, 2.75) is 32.4 Å². The Kier molecular flexibility index (Phi) is 7.89. The quantitative estimate of drug-likeness (QED) is 0.478. The van der Waals surface area contributed by atoms with Crippen LogP contribution in [-0.4, -0.2) is 28.9 Å². The number of hydrogen-bond donors (Lipinski definition) is 3. The van der Waals surface area contributed by atoms with Crippen LogP contribution in [0.1, 0.15) is 34.3 Å². The van der Waals surface area contributed by atoms with Gasteiger partial charge < -0.3 is 10.4 Å². The van der Waals surface area contributed by atoms with E-state index in [0.717, 1.165) is 22.3 Å². The van der Waals surface area contributed by atoms with Gasteiger partial charge in [-0.15, -0.1) is 0 Å². The lowest BCUT2D eigenvalue weighted by molar-refractivity contribution is -0.139. The molecule has 0 aromatic heterocycles. The number of amides is 2. The first kappa shape index (κ1) is 22.9. The number of benzene rings is 3. The van der Waals surface area contributed by atoms with Gasteiger partial charge in [-0.1, -0.05) is 72.3 Å². The topological polar surface area (TPSA) is 95.5 Å². The Morgan fingerprint density at radius 3 is 2.09 bits per heavy atom. The number of carboxylic acid groups (broad SMARTS) is 1. The summed E-state index contributed by atoms with van der Waals surface area (Å²) in [5.41, 5.74) is 4.45. The molecule has 2 amide bonds. The van der Waals surface area contributed by atoms with Gasteiger partial charge in [-0.05, 0) is 42.2 Å². The molecule has 0 aliphatic carbocycles. The monoisotopic (exact) mass is 430 g/mol. The molecular weight excluding hydrogens is 404 g/mol. The predicted molar refractivity (Wildman–Crippen MR) is 123 cm³/mol. The van der Waals surface area contributed by atoms with Gasteiger partial charge in [0.25, 0.3) is 5.91 Å². The highest BCUT2D eigenvalue weighted by atomic mass is 16.4. The van der Waals surface area contributed by atoms with Gasteiger partial charge in [-0.3, -0.25) is 19.7 Å². The third-order valence-corrected chi connectivity index (χ3v) is 5.14. The molecule has 0 fully saturated rings. The van der Waals surface area contributed by atoms with Gasteiger partial charge in [-0.25, -0.2) is 0 Å². The van der Waals surface area contributed by atoms with Crippen LogP contribution in [0.4, 0.5) is 0 Å². The molecule has 0 spiro atoms. The summed E-state index contributed by atoms with van der Waals surface area (Å²) in [7, 11) is 0. The Balaban J connectivity index is 1.49. The van der Waals surface area contributed by atoms with E-state index in [-0.39, 0.29) is 12.8 Å². The summed E-state index contributed by atoms with van der Waals surface area (Å²) in [6, 6.07) is 23.6. The Morgan fingerprint density at radius 1 is 0.844 bits per heavy atom. The van der Waals surface area contributed by atoms with Crippen LogP contribution >= 0.6 is 0 Å². The average molecular weight is 431 g/mol. The number of carboxylic acids is 1. The highest BCUT2D eigenvalue weighted by Crippen LogP contribution is 2.19. The molecule has 0 aliphatic rings. The number of aliphatic carboxylic acids is 1. The van der Waals surface area contributed by atoms with E-state index in [0.29, 0.717) is 12.1 Å². The molecule has 3 N–H and O–H groups in total. The fraction of sp³-hybridized carbons (Fsp3) is 0.192. The van der Waals surface area contributed by atoms with Crippen molar-refractivity contribution in [3.05, 3.63) is 95.6 Å². The summed E-state index contributed by atoms with van der Waals surface area (Å²) in [5.74, 6) is -2.05. The first-order valence-corrected chi connectivity index (χ1v) is 10.4. The minimum Gasteiger partial charge on any atom is -0.480 e. The fourth-order valence-electron chi connectivity index (χ4n) is 3.24. The van der Waals surface area contributed by atoms with Crippen molar-refractivity contribution in [1.82, 2.24) is 10.6 Å². The molecule has 3 aromatic carbocycles. The second kappa shape index (κ2) is 11.0. The molecule has 3 rings (SSSR count). The molecule has 0 saturated carbocycles. The van der Waals surface area contributed by atoms with Gasteiger partial charge in [0.15, 0.2) is 0 Å². The van der Waals surface area contributed by atoms with Crippen molar-refractivity contribution < 1.29 is 19.5 Å². The van der Waals surface area contributed by atoms with E-state index in [2.05, 4.69) is 10.6 Å². The third kappa shape index (κ3) is 6.62. The zero-order valence-electron chi connectivity index (χ0n) is 17.9. The Hall–Kier alpha value is -3.77. The van der Waals surface area contributed by atoms with Crippen LogP contribution in [0, 0.1) is 6.92 Å². The van der Waals surface area contributed by atoms with Crippen molar-refractivity contribution in [3.8, 4) is 11.1 Å². The van der Waals surface area contributed by atoms with Crippen LogP contribution in [0.5, 0.6) is 0 Å². The maximum atomic E-state index is 12.4. The molecule has 0 bridgehead atoms. The minimum absolute atomic E-state index is 0.0766. The lowest BCUT2D eigenvalue weighted by Crippen LogP contribution is -2.38. The van der Waals surface area contributed by atoms with Gasteiger partial charge in [0, 0.05) is 18.5 Å². The Labute approximate surface area is 187 Å².